The van der Waals surface area contributed by atoms with E-state index >= 15 is 0 Å². The minimum atomic E-state index is -0.336. The number of benzene rings is 2. The number of carbonyl (C=O) groups is 1. The zero-order chi connectivity index (χ0) is 17.1. The maximum absolute atomic E-state index is 12.1. The van der Waals surface area contributed by atoms with Crippen molar-refractivity contribution in [2.24, 2.45) is 5.10 Å². The molecule has 0 bridgehead atoms. The number of hydrogen-bond donors (Lipinski definition) is 2. The highest BCUT2D eigenvalue weighted by Crippen LogP contribution is 2.26. The minimum Gasteiger partial charge on any atom is -0.496 e. The summed E-state index contributed by atoms with van der Waals surface area (Å²) < 4.78 is 5.39. The maximum atomic E-state index is 12.1. The van der Waals surface area contributed by atoms with Crippen molar-refractivity contribution in [2.75, 3.05) is 12.8 Å². The molecule has 0 fully saturated rings. The van der Waals surface area contributed by atoms with E-state index in [1.165, 1.54) is 0 Å². The molecule has 0 aliphatic rings. The van der Waals surface area contributed by atoms with E-state index in [4.69, 9.17) is 10.5 Å². The van der Waals surface area contributed by atoms with Crippen LogP contribution in [0.25, 0.3) is 10.8 Å². The van der Waals surface area contributed by atoms with E-state index in [-0.39, 0.29) is 5.91 Å². The Bertz CT molecular complexity index is 933. The molecule has 24 heavy (non-hydrogen) atoms. The summed E-state index contributed by atoms with van der Waals surface area (Å²) in [5.74, 6) is 0.349. The molecule has 3 N–H and O–H groups in total. The van der Waals surface area contributed by atoms with E-state index in [1.807, 2.05) is 36.4 Å². The van der Waals surface area contributed by atoms with Crippen molar-refractivity contribution in [3.05, 3.63) is 52.5 Å². The summed E-state index contributed by atoms with van der Waals surface area (Å²) in [6.07, 6.45) is 1.58. The molecule has 7 heteroatoms. The normalized spacial score (nSPS) is 11.1. The Labute approximate surface area is 143 Å². The highest BCUT2D eigenvalue weighted by Gasteiger charge is 2.13. The number of rotatable bonds is 4. The van der Waals surface area contributed by atoms with E-state index in [9.17, 15) is 4.79 Å². The summed E-state index contributed by atoms with van der Waals surface area (Å²) in [5.41, 5.74) is 9.51. The van der Waals surface area contributed by atoms with Gasteiger partial charge < -0.3 is 10.5 Å². The van der Waals surface area contributed by atoms with Crippen LogP contribution in [0.2, 0.25) is 0 Å². The number of nitrogen functional groups attached to an aromatic ring is 1. The first-order chi connectivity index (χ1) is 11.6. The standard InChI is InChI=1S/C17H16N4O2S/c1-10-15(24-17(18)20-10)16(22)21-19-9-13-12-6-4-3-5-11(12)7-8-14(13)23-2/h3-9H,1-2H3,(H2,18,20)(H,21,22)/b19-9+. The molecule has 2 aromatic carbocycles. The van der Waals surface area contributed by atoms with E-state index in [0.717, 1.165) is 27.7 Å². The van der Waals surface area contributed by atoms with Gasteiger partial charge in [0.2, 0.25) is 0 Å². The van der Waals surface area contributed by atoms with Gasteiger partial charge in [-0.3, -0.25) is 4.79 Å². The van der Waals surface area contributed by atoms with Crippen LogP contribution in [0.3, 0.4) is 0 Å². The van der Waals surface area contributed by atoms with Crippen molar-refractivity contribution in [1.29, 1.82) is 0 Å². The predicted octanol–water partition coefficient (Wildman–Crippen LogP) is 2.96. The number of fused-ring (bicyclic) bond motifs is 1. The molecule has 3 rings (SSSR count). The van der Waals surface area contributed by atoms with Gasteiger partial charge in [-0.2, -0.15) is 5.10 Å². The highest BCUT2D eigenvalue weighted by atomic mass is 32.1. The molecule has 0 unspecified atom stereocenters. The summed E-state index contributed by atoms with van der Waals surface area (Å²) >= 11 is 1.13. The molecule has 3 aromatic rings. The molecule has 0 saturated heterocycles. The SMILES string of the molecule is COc1ccc2ccccc2c1/C=N/NC(=O)c1sc(N)nc1C. The molecule has 1 heterocycles. The average molecular weight is 340 g/mol. The van der Waals surface area contributed by atoms with Crippen LogP contribution in [0.15, 0.2) is 41.5 Å². The van der Waals surface area contributed by atoms with Crippen LogP contribution < -0.4 is 15.9 Å². The third-order valence-corrected chi connectivity index (χ3v) is 4.52. The number of methoxy groups -OCH3 is 1. The summed E-state index contributed by atoms with van der Waals surface area (Å²) in [6.45, 7) is 1.74. The minimum absolute atomic E-state index is 0.336. The quantitative estimate of drug-likeness (QED) is 0.564. The smallest absolute Gasteiger partial charge is 0.283 e. The fourth-order valence-corrected chi connectivity index (χ4v) is 3.14. The number of nitrogens with two attached hydrogens (primary N) is 1. The molecule has 122 valence electrons. The molecule has 0 aliphatic heterocycles. The molecule has 0 aliphatic carbocycles. The lowest BCUT2D eigenvalue weighted by Gasteiger charge is -2.08. The molecule has 0 atom stereocenters. The maximum Gasteiger partial charge on any atom is 0.283 e. The van der Waals surface area contributed by atoms with Crippen molar-refractivity contribution in [1.82, 2.24) is 10.4 Å². The number of amides is 1. The number of carbonyl (C=O) groups excluding carboxylic acids is 1. The van der Waals surface area contributed by atoms with Crippen LogP contribution in [0.5, 0.6) is 5.75 Å². The first-order valence-corrected chi connectivity index (χ1v) is 8.04. The molecule has 0 saturated carbocycles. The fourth-order valence-electron chi connectivity index (χ4n) is 2.42. The number of hydrazone groups is 1. The third-order valence-electron chi connectivity index (χ3n) is 3.53. The van der Waals surface area contributed by atoms with E-state index in [1.54, 1.807) is 20.2 Å². The van der Waals surface area contributed by atoms with Crippen molar-refractivity contribution in [3.63, 3.8) is 0 Å². The van der Waals surface area contributed by atoms with Crippen LogP contribution >= 0.6 is 11.3 Å². The second-order valence-electron chi connectivity index (χ2n) is 5.07. The van der Waals surface area contributed by atoms with Gasteiger partial charge in [0, 0.05) is 5.56 Å². The van der Waals surface area contributed by atoms with Crippen LogP contribution in [0, 0.1) is 6.92 Å². The number of thiazole rings is 1. The Balaban J connectivity index is 1.88. The van der Waals surface area contributed by atoms with Gasteiger partial charge in [0.15, 0.2) is 5.13 Å². The lowest BCUT2D eigenvalue weighted by Crippen LogP contribution is -2.17. The fraction of sp³-hybridized carbons (Fsp3) is 0.118. The first kappa shape index (κ1) is 15.9. The van der Waals surface area contributed by atoms with Crippen LogP contribution in [0.4, 0.5) is 5.13 Å². The van der Waals surface area contributed by atoms with Crippen molar-refractivity contribution >= 4 is 39.4 Å². The van der Waals surface area contributed by atoms with Gasteiger partial charge in [0.25, 0.3) is 5.91 Å². The van der Waals surface area contributed by atoms with Crippen LogP contribution in [-0.2, 0) is 0 Å². The van der Waals surface area contributed by atoms with E-state index in [2.05, 4.69) is 15.5 Å². The van der Waals surface area contributed by atoms with E-state index < -0.39 is 0 Å². The van der Waals surface area contributed by atoms with Crippen molar-refractivity contribution < 1.29 is 9.53 Å². The number of ether oxygens (including phenoxy) is 1. The molecule has 1 amide bonds. The molecule has 1 aromatic heterocycles. The summed E-state index contributed by atoms with van der Waals surface area (Å²) in [4.78, 5) is 16.6. The molecular weight excluding hydrogens is 324 g/mol. The zero-order valence-corrected chi connectivity index (χ0v) is 14.1. The first-order valence-electron chi connectivity index (χ1n) is 7.22. The zero-order valence-electron chi connectivity index (χ0n) is 13.2. The summed E-state index contributed by atoms with van der Waals surface area (Å²) in [6, 6.07) is 11.8. The monoisotopic (exact) mass is 340 g/mol. The predicted molar refractivity (Wildman–Crippen MR) is 96.8 cm³/mol. The topological polar surface area (TPSA) is 89.6 Å². The second-order valence-corrected chi connectivity index (χ2v) is 6.10. The van der Waals surface area contributed by atoms with Crippen LogP contribution in [-0.4, -0.2) is 24.2 Å². The van der Waals surface area contributed by atoms with Gasteiger partial charge in [-0.1, -0.05) is 41.7 Å². The van der Waals surface area contributed by atoms with Gasteiger partial charge in [0.05, 0.1) is 19.0 Å². The molecule has 6 nitrogen and oxygen atoms in total. The van der Waals surface area contributed by atoms with Gasteiger partial charge >= 0.3 is 0 Å². The lowest BCUT2D eigenvalue weighted by molar-refractivity contribution is 0.0958. The number of hydrogen-bond acceptors (Lipinski definition) is 6. The summed E-state index contributed by atoms with van der Waals surface area (Å²) in [7, 11) is 1.60. The molecule has 0 radical (unpaired) electrons. The Morgan fingerprint density at radius 3 is 2.83 bits per heavy atom. The molecular formula is C17H16N4O2S. The average Bonchev–Trinajstić information content (AvgIpc) is 2.93. The van der Waals surface area contributed by atoms with Gasteiger partial charge in [-0.15, -0.1) is 0 Å². The van der Waals surface area contributed by atoms with Crippen molar-refractivity contribution in [2.45, 2.75) is 6.92 Å². The number of nitrogens with one attached hydrogen (secondary N) is 1. The Morgan fingerprint density at radius 2 is 2.12 bits per heavy atom. The van der Waals surface area contributed by atoms with E-state index in [0.29, 0.717) is 21.5 Å². The second kappa shape index (κ2) is 6.67. The van der Waals surface area contributed by atoms with Crippen LogP contribution in [0.1, 0.15) is 20.9 Å². The third kappa shape index (κ3) is 3.07. The van der Waals surface area contributed by atoms with Gasteiger partial charge in [-0.05, 0) is 23.8 Å². The number of aryl methyl sites for hydroxylation is 1. The lowest BCUT2D eigenvalue weighted by atomic mass is 10.0. The van der Waals surface area contributed by atoms with Gasteiger partial charge in [0.1, 0.15) is 10.6 Å². The Kier molecular flexibility index (Phi) is 4.43. The highest BCUT2D eigenvalue weighted by molar-refractivity contribution is 7.17. The van der Waals surface area contributed by atoms with Crippen molar-refractivity contribution in [3.8, 4) is 5.75 Å². The largest absolute Gasteiger partial charge is 0.496 e. The summed E-state index contributed by atoms with van der Waals surface area (Å²) in [5, 5.41) is 6.48. The molecule has 0 spiro atoms. The number of anilines is 1. The van der Waals surface area contributed by atoms with Gasteiger partial charge in [-0.25, -0.2) is 10.4 Å². The number of nitrogens with zero attached hydrogens (tertiary/aromatic N) is 2. The number of aromatic nitrogens is 1. The Hall–Kier alpha value is -2.93. The Morgan fingerprint density at radius 1 is 1.33 bits per heavy atom.